The first-order chi connectivity index (χ1) is 4.41. The molecule has 0 amide bonds. The molecule has 3 heteroatoms. The highest BCUT2D eigenvalue weighted by molar-refractivity contribution is 6.87. The van der Waals surface area contributed by atoms with E-state index in [1.165, 1.54) is 42.0 Å². The lowest BCUT2D eigenvalue weighted by molar-refractivity contribution is 0.660. The first kappa shape index (κ1) is 9.39. The van der Waals surface area contributed by atoms with Gasteiger partial charge in [0.15, 0.2) is 0 Å². The van der Waals surface area contributed by atoms with E-state index in [9.17, 15) is 0 Å². The molecule has 0 unspecified atom stereocenters. The van der Waals surface area contributed by atoms with Gasteiger partial charge in [0, 0.05) is 9.76 Å². The molecule has 0 aromatic carbocycles. The molecule has 0 aliphatic heterocycles. The SMILES string of the molecule is CCCCCCN[SiH2][SiH3]. The fraction of sp³-hybridized carbons (Fsp3) is 1.00. The van der Waals surface area contributed by atoms with Crippen LogP contribution in [-0.2, 0) is 0 Å². The Morgan fingerprint density at radius 3 is 2.67 bits per heavy atom. The van der Waals surface area contributed by atoms with Crippen LogP contribution in [0, 0.1) is 0 Å². The summed E-state index contributed by atoms with van der Waals surface area (Å²) < 4.78 is 0. The number of unbranched alkanes of at least 4 members (excludes halogenated alkanes) is 3. The molecule has 0 heterocycles. The third-order valence-electron chi connectivity index (χ3n) is 1.46. The van der Waals surface area contributed by atoms with E-state index in [0.29, 0.717) is 0 Å². The van der Waals surface area contributed by atoms with Crippen molar-refractivity contribution < 1.29 is 0 Å². The van der Waals surface area contributed by atoms with E-state index < -0.39 is 0 Å². The minimum absolute atomic E-state index is 0.269. The molecule has 56 valence electrons. The molecule has 0 aromatic heterocycles. The van der Waals surface area contributed by atoms with Gasteiger partial charge in [-0.05, 0) is 13.0 Å². The minimum atomic E-state index is 0.269. The minimum Gasteiger partial charge on any atom is -0.345 e. The van der Waals surface area contributed by atoms with Crippen molar-refractivity contribution in [2.45, 2.75) is 32.6 Å². The lowest BCUT2D eigenvalue weighted by Gasteiger charge is -1.98. The molecule has 0 radical (unpaired) electrons. The Morgan fingerprint density at radius 2 is 2.11 bits per heavy atom. The topological polar surface area (TPSA) is 12.0 Å². The van der Waals surface area contributed by atoms with Gasteiger partial charge in [-0.15, -0.1) is 0 Å². The summed E-state index contributed by atoms with van der Waals surface area (Å²) >= 11 is 0. The number of rotatable bonds is 6. The molecule has 0 atom stereocenters. The van der Waals surface area contributed by atoms with E-state index >= 15 is 0 Å². The normalized spacial score (nSPS) is 11.7. The highest BCUT2D eigenvalue weighted by Crippen LogP contribution is 1.96. The van der Waals surface area contributed by atoms with Gasteiger partial charge in [0.25, 0.3) is 0 Å². The summed E-state index contributed by atoms with van der Waals surface area (Å²) in [5.74, 6) is 0. The monoisotopic (exact) mass is 161 g/mol. The van der Waals surface area contributed by atoms with Crippen LogP contribution in [0.4, 0.5) is 0 Å². The average molecular weight is 161 g/mol. The fourth-order valence-corrected chi connectivity index (χ4v) is 2.52. The highest BCUT2D eigenvalue weighted by Gasteiger charge is 1.84. The Hall–Kier alpha value is 0.394. The molecule has 9 heavy (non-hydrogen) atoms. The molecule has 1 N–H and O–H groups in total. The third-order valence-corrected chi connectivity index (χ3v) is 3.81. The molecule has 0 saturated carbocycles. The molecule has 0 bridgehead atoms. The van der Waals surface area contributed by atoms with E-state index in [1.54, 1.807) is 0 Å². The molecule has 0 rings (SSSR count). The van der Waals surface area contributed by atoms with Gasteiger partial charge in [-0.3, -0.25) is 0 Å². The maximum atomic E-state index is 3.51. The lowest BCUT2D eigenvalue weighted by atomic mass is 10.2. The van der Waals surface area contributed by atoms with Crippen molar-refractivity contribution in [3.05, 3.63) is 0 Å². The Kier molecular flexibility index (Phi) is 8.76. The van der Waals surface area contributed by atoms with Crippen LogP contribution in [0.3, 0.4) is 0 Å². The summed E-state index contributed by atoms with van der Waals surface area (Å²) in [7, 11) is 1.70. The van der Waals surface area contributed by atoms with Crippen molar-refractivity contribution in [2.24, 2.45) is 0 Å². The first-order valence-electron chi connectivity index (χ1n) is 4.12. The maximum absolute atomic E-state index is 3.51. The van der Waals surface area contributed by atoms with Gasteiger partial charge in [-0.25, -0.2) is 0 Å². The van der Waals surface area contributed by atoms with E-state index in [2.05, 4.69) is 11.9 Å². The predicted octanol–water partition coefficient (Wildman–Crippen LogP) is -0.480. The molecule has 0 spiro atoms. The van der Waals surface area contributed by atoms with Crippen molar-refractivity contribution in [3.63, 3.8) is 0 Å². The van der Waals surface area contributed by atoms with Crippen LogP contribution in [0.2, 0.25) is 0 Å². The van der Waals surface area contributed by atoms with Gasteiger partial charge in [-0.2, -0.15) is 0 Å². The van der Waals surface area contributed by atoms with Crippen LogP contribution >= 0.6 is 0 Å². The molecule has 1 nitrogen and oxygen atoms in total. The van der Waals surface area contributed by atoms with Crippen molar-refractivity contribution in [1.82, 2.24) is 4.98 Å². The lowest BCUT2D eigenvalue weighted by Crippen LogP contribution is -2.20. The second kappa shape index (κ2) is 8.39. The summed E-state index contributed by atoms with van der Waals surface area (Å²) in [6, 6.07) is 0. The van der Waals surface area contributed by atoms with Crippen LogP contribution in [0.5, 0.6) is 0 Å². The molecule has 0 saturated heterocycles. The zero-order chi connectivity index (χ0) is 6.95. The second-order valence-electron chi connectivity index (χ2n) is 2.41. The zero-order valence-electron chi connectivity index (χ0n) is 6.74. The van der Waals surface area contributed by atoms with Crippen molar-refractivity contribution in [1.29, 1.82) is 0 Å². The molecule has 0 aromatic rings. The predicted molar refractivity (Wildman–Crippen MR) is 50.6 cm³/mol. The number of hydrogen-bond acceptors (Lipinski definition) is 1. The van der Waals surface area contributed by atoms with Crippen LogP contribution < -0.4 is 4.98 Å². The van der Waals surface area contributed by atoms with E-state index in [0.717, 1.165) is 0 Å². The van der Waals surface area contributed by atoms with Gasteiger partial charge in [0.05, 0.1) is 9.20 Å². The number of nitrogens with one attached hydrogen (secondary N) is 1. The molecular formula is C6H19NSi2. The van der Waals surface area contributed by atoms with Crippen LogP contribution in [0.15, 0.2) is 0 Å². The maximum Gasteiger partial charge on any atom is 0.0721 e. The van der Waals surface area contributed by atoms with Gasteiger partial charge in [0.1, 0.15) is 0 Å². The first-order valence-corrected chi connectivity index (χ1v) is 10.5. The van der Waals surface area contributed by atoms with Crippen LogP contribution in [-0.4, -0.2) is 25.5 Å². The fourth-order valence-electron chi connectivity index (χ4n) is 0.854. The molecular weight excluding hydrogens is 142 g/mol. The standard InChI is InChI=1S/C6H19NSi2/c1-2-3-4-5-6-7-9-8/h7H,2-6,9H2,1,8H3. The van der Waals surface area contributed by atoms with E-state index in [4.69, 9.17) is 0 Å². The van der Waals surface area contributed by atoms with Crippen LogP contribution in [0.25, 0.3) is 0 Å². The van der Waals surface area contributed by atoms with Gasteiger partial charge in [-0.1, -0.05) is 26.2 Å². The van der Waals surface area contributed by atoms with Crippen molar-refractivity contribution >= 4 is 19.0 Å². The van der Waals surface area contributed by atoms with Crippen molar-refractivity contribution in [3.8, 4) is 0 Å². The van der Waals surface area contributed by atoms with Crippen LogP contribution in [0.1, 0.15) is 32.6 Å². The van der Waals surface area contributed by atoms with Gasteiger partial charge >= 0.3 is 0 Å². The van der Waals surface area contributed by atoms with Crippen molar-refractivity contribution in [2.75, 3.05) is 6.54 Å². The quantitative estimate of drug-likeness (QED) is 0.410. The molecule has 0 fully saturated rings. The molecule has 0 aliphatic carbocycles. The summed E-state index contributed by atoms with van der Waals surface area (Å²) in [6.07, 6.45) is 5.62. The third kappa shape index (κ3) is 8.39. The molecule has 0 aliphatic rings. The smallest absolute Gasteiger partial charge is 0.0721 e. The summed E-state index contributed by atoms with van der Waals surface area (Å²) in [4.78, 5) is 3.51. The second-order valence-corrected chi connectivity index (χ2v) is 5.74. The zero-order valence-corrected chi connectivity index (χ0v) is 10.2. The average Bonchev–Trinajstić information content (AvgIpc) is 1.89. The Morgan fingerprint density at radius 1 is 1.33 bits per heavy atom. The summed E-state index contributed by atoms with van der Waals surface area (Å²) in [5, 5.41) is 0. The summed E-state index contributed by atoms with van der Waals surface area (Å²) in [5.41, 5.74) is 0. The summed E-state index contributed by atoms with van der Waals surface area (Å²) in [6.45, 7) is 3.56. The number of hydrogen-bond donors (Lipinski definition) is 1. The Bertz CT molecular complexity index is 44.3. The van der Waals surface area contributed by atoms with Gasteiger partial charge < -0.3 is 4.98 Å². The highest BCUT2D eigenvalue weighted by atomic mass is 29.1. The van der Waals surface area contributed by atoms with Gasteiger partial charge in [0.2, 0.25) is 0 Å². The Balaban J connectivity index is 2.60. The Labute approximate surface area is 63.7 Å². The largest absolute Gasteiger partial charge is 0.345 e. The van der Waals surface area contributed by atoms with E-state index in [-0.39, 0.29) is 9.20 Å². The van der Waals surface area contributed by atoms with E-state index in [1.807, 2.05) is 0 Å².